The quantitative estimate of drug-likeness (QED) is 0.812. The zero-order valence-corrected chi connectivity index (χ0v) is 12.3. The second-order valence-electron chi connectivity index (χ2n) is 4.54. The lowest BCUT2D eigenvalue weighted by Gasteiger charge is -2.13. The Kier molecular flexibility index (Phi) is 5.21. The first kappa shape index (κ1) is 14.9. The van der Waals surface area contributed by atoms with Crippen molar-refractivity contribution in [1.29, 1.82) is 0 Å². The summed E-state index contributed by atoms with van der Waals surface area (Å²) >= 11 is 0. The lowest BCUT2D eigenvalue weighted by atomic mass is 10.2. The van der Waals surface area contributed by atoms with Crippen molar-refractivity contribution >= 4 is 11.7 Å². The van der Waals surface area contributed by atoms with Gasteiger partial charge in [0.1, 0.15) is 5.75 Å². The number of carbonyl (C=O) groups excluding carboxylic acids is 1. The van der Waals surface area contributed by atoms with Crippen LogP contribution in [0.2, 0.25) is 0 Å². The number of methoxy groups -OCH3 is 1. The van der Waals surface area contributed by atoms with Gasteiger partial charge in [-0.3, -0.25) is 0 Å². The van der Waals surface area contributed by atoms with Gasteiger partial charge in [-0.25, -0.2) is 4.79 Å². The highest BCUT2D eigenvalue weighted by Crippen LogP contribution is 2.30. The van der Waals surface area contributed by atoms with Gasteiger partial charge in [0, 0.05) is 6.54 Å². The van der Waals surface area contributed by atoms with Crippen LogP contribution in [0.5, 0.6) is 11.5 Å². The van der Waals surface area contributed by atoms with Crippen molar-refractivity contribution in [3.8, 4) is 11.5 Å². The molecule has 1 N–H and O–H groups in total. The Morgan fingerprint density at radius 2 is 1.90 bits per heavy atom. The molecule has 0 atom stereocenters. The Balaban J connectivity index is 2.28. The normalized spacial score (nSPS) is 10.0. The molecule has 0 saturated carbocycles. The second kappa shape index (κ2) is 7.33. The molecule has 21 heavy (non-hydrogen) atoms. The molecule has 110 valence electrons. The summed E-state index contributed by atoms with van der Waals surface area (Å²) in [4.78, 5) is 11.6. The minimum absolute atomic E-state index is 0.360. The first-order chi connectivity index (χ1) is 10.2. The molecule has 4 heteroatoms. The van der Waals surface area contributed by atoms with E-state index in [1.165, 1.54) is 7.11 Å². The molecule has 0 bridgehead atoms. The maximum absolute atomic E-state index is 11.6. The van der Waals surface area contributed by atoms with Crippen LogP contribution in [0.3, 0.4) is 0 Å². The Labute approximate surface area is 124 Å². The predicted octanol–water partition coefficient (Wildman–Crippen LogP) is 4.09. The van der Waals surface area contributed by atoms with Crippen LogP contribution in [0.25, 0.3) is 0 Å². The number of hydrogen-bond donors (Lipinski definition) is 1. The van der Waals surface area contributed by atoms with Crippen molar-refractivity contribution in [3.63, 3.8) is 0 Å². The van der Waals surface area contributed by atoms with E-state index in [2.05, 4.69) is 12.2 Å². The Hall–Kier alpha value is -2.49. The number of para-hydroxylation sites is 1. The summed E-state index contributed by atoms with van der Waals surface area (Å²) in [5.74, 6) is 1.07. The first-order valence-corrected chi connectivity index (χ1v) is 6.93. The summed E-state index contributed by atoms with van der Waals surface area (Å²) in [5.41, 5.74) is 1.28. The molecule has 2 aromatic rings. The number of nitrogens with one attached hydrogen (secondary N) is 1. The number of anilines is 1. The molecule has 0 spiro atoms. The molecule has 0 unspecified atom stereocenters. The summed E-state index contributed by atoms with van der Waals surface area (Å²) in [7, 11) is 1.37. The van der Waals surface area contributed by atoms with Crippen LogP contribution in [0.1, 0.15) is 23.7 Å². The van der Waals surface area contributed by atoms with E-state index in [-0.39, 0.29) is 5.97 Å². The third kappa shape index (κ3) is 3.99. The number of carbonyl (C=O) groups is 1. The third-order valence-corrected chi connectivity index (χ3v) is 2.94. The fourth-order valence-electron chi connectivity index (χ4n) is 1.88. The number of rotatable bonds is 6. The fraction of sp³-hybridized carbons (Fsp3) is 0.235. The van der Waals surface area contributed by atoms with E-state index >= 15 is 0 Å². The lowest BCUT2D eigenvalue weighted by Crippen LogP contribution is -2.05. The van der Waals surface area contributed by atoms with Gasteiger partial charge in [0.25, 0.3) is 0 Å². The summed E-state index contributed by atoms with van der Waals surface area (Å²) in [6.45, 7) is 2.88. The molecule has 0 fully saturated rings. The minimum Gasteiger partial charge on any atom is -0.465 e. The van der Waals surface area contributed by atoms with Gasteiger partial charge in [0.15, 0.2) is 5.75 Å². The molecule has 0 aliphatic carbocycles. The monoisotopic (exact) mass is 285 g/mol. The number of ether oxygens (including phenoxy) is 2. The van der Waals surface area contributed by atoms with Crippen LogP contribution in [0, 0.1) is 0 Å². The average molecular weight is 285 g/mol. The van der Waals surface area contributed by atoms with Crippen LogP contribution in [0.15, 0.2) is 48.5 Å². The van der Waals surface area contributed by atoms with E-state index in [0.29, 0.717) is 11.3 Å². The van der Waals surface area contributed by atoms with Gasteiger partial charge in [0.05, 0.1) is 18.4 Å². The molecule has 0 radical (unpaired) electrons. The van der Waals surface area contributed by atoms with Crippen LogP contribution < -0.4 is 10.1 Å². The van der Waals surface area contributed by atoms with Crippen molar-refractivity contribution in [2.75, 3.05) is 19.0 Å². The second-order valence-corrected chi connectivity index (χ2v) is 4.54. The average Bonchev–Trinajstić information content (AvgIpc) is 2.54. The highest BCUT2D eigenvalue weighted by Gasteiger charge is 2.11. The van der Waals surface area contributed by atoms with Crippen molar-refractivity contribution in [3.05, 3.63) is 54.1 Å². The predicted molar refractivity (Wildman–Crippen MR) is 83.1 cm³/mol. The first-order valence-electron chi connectivity index (χ1n) is 6.93. The van der Waals surface area contributed by atoms with E-state index in [9.17, 15) is 4.79 Å². The summed E-state index contributed by atoms with van der Waals surface area (Å²) in [6.07, 6.45) is 0.979. The van der Waals surface area contributed by atoms with Crippen LogP contribution in [0.4, 0.5) is 5.69 Å². The number of hydrogen-bond acceptors (Lipinski definition) is 4. The van der Waals surface area contributed by atoms with Gasteiger partial charge in [-0.2, -0.15) is 0 Å². The zero-order valence-electron chi connectivity index (χ0n) is 12.3. The molecule has 0 saturated heterocycles. The molecule has 4 nitrogen and oxygen atoms in total. The van der Waals surface area contributed by atoms with Gasteiger partial charge in [0.2, 0.25) is 0 Å². The van der Waals surface area contributed by atoms with E-state index in [1.54, 1.807) is 18.2 Å². The minimum atomic E-state index is -0.360. The highest BCUT2D eigenvalue weighted by molar-refractivity contribution is 5.91. The molecule has 0 amide bonds. The largest absolute Gasteiger partial charge is 0.465 e. The molecule has 0 heterocycles. The standard InChI is InChI=1S/C17H19NO3/c1-3-11-18-15-12-13(17(19)20-2)9-10-16(15)21-14-7-5-4-6-8-14/h4-10,12,18H,3,11H2,1-2H3. The van der Waals surface area contributed by atoms with Crippen molar-refractivity contribution < 1.29 is 14.3 Å². The Bertz CT molecular complexity index is 596. The SMILES string of the molecule is CCCNc1cc(C(=O)OC)ccc1Oc1ccccc1. The molecule has 0 aliphatic heterocycles. The topological polar surface area (TPSA) is 47.6 Å². The van der Waals surface area contributed by atoms with E-state index < -0.39 is 0 Å². The van der Waals surface area contributed by atoms with E-state index in [0.717, 1.165) is 24.4 Å². The smallest absolute Gasteiger partial charge is 0.337 e. The number of benzene rings is 2. The van der Waals surface area contributed by atoms with Crippen LogP contribution in [-0.4, -0.2) is 19.6 Å². The molecule has 2 aromatic carbocycles. The van der Waals surface area contributed by atoms with E-state index in [4.69, 9.17) is 9.47 Å². The molecular formula is C17H19NO3. The van der Waals surface area contributed by atoms with Crippen molar-refractivity contribution in [2.45, 2.75) is 13.3 Å². The van der Waals surface area contributed by atoms with Crippen LogP contribution in [-0.2, 0) is 4.74 Å². The lowest BCUT2D eigenvalue weighted by molar-refractivity contribution is 0.0601. The van der Waals surface area contributed by atoms with Gasteiger partial charge >= 0.3 is 5.97 Å². The zero-order chi connectivity index (χ0) is 15.1. The summed E-state index contributed by atoms with van der Waals surface area (Å²) in [5, 5.41) is 3.27. The van der Waals surface area contributed by atoms with Crippen LogP contribution >= 0.6 is 0 Å². The molecular weight excluding hydrogens is 266 g/mol. The van der Waals surface area contributed by atoms with Gasteiger partial charge in [-0.1, -0.05) is 25.1 Å². The maximum Gasteiger partial charge on any atom is 0.337 e. The maximum atomic E-state index is 11.6. The Morgan fingerprint density at radius 3 is 2.57 bits per heavy atom. The highest BCUT2D eigenvalue weighted by atomic mass is 16.5. The van der Waals surface area contributed by atoms with E-state index in [1.807, 2.05) is 30.3 Å². The number of esters is 1. The van der Waals surface area contributed by atoms with Gasteiger partial charge in [-0.15, -0.1) is 0 Å². The fourth-order valence-corrected chi connectivity index (χ4v) is 1.88. The van der Waals surface area contributed by atoms with Crippen molar-refractivity contribution in [1.82, 2.24) is 0 Å². The Morgan fingerprint density at radius 1 is 1.14 bits per heavy atom. The molecule has 2 rings (SSSR count). The molecule has 0 aromatic heterocycles. The molecule has 0 aliphatic rings. The van der Waals surface area contributed by atoms with Gasteiger partial charge < -0.3 is 14.8 Å². The van der Waals surface area contributed by atoms with Crippen molar-refractivity contribution in [2.24, 2.45) is 0 Å². The summed E-state index contributed by atoms with van der Waals surface area (Å²) < 4.78 is 10.6. The van der Waals surface area contributed by atoms with Gasteiger partial charge in [-0.05, 0) is 36.8 Å². The summed E-state index contributed by atoms with van der Waals surface area (Å²) in [6, 6.07) is 14.8. The third-order valence-electron chi connectivity index (χ3n) is 2.94.